The van der Waals surface area contributed by atoms with Crippen LogP contribution in [0.2, 0.25) is 0 Å². The molecule has 1 aromatic rings. The van der Waals surface area contributed by atoms with Gasteiger partial charge in [-0.05, 0) is 44.5 Å². The minimum atomic E-state index is -0.431. The predicted octanol–water partition coefficient (Wildman–Crippen LogP) is 1.94. The highest BCUT2D eigenvalue weighted by Crippen LogP contribution is 2.19. The number of nitrogens with one attached hydrogen (secondary N) is 1. The van der Waals surface area contributed by atoms with Gasteiger partial charge in [-0.1, -0.05) is 18.2 Å². The van der Waals surface area contributed by atoms with E-state index >= 15 is 0 Å². The van der Waals surface area contributed by atoms with Crippen LogP contribution in [0.4, 0.5) is 0 Å². The molecule has 0 aromatic heterocycles. The van der Waals surface area contributed by atoms with Crippen LogP contribution in [-0.4, -0.2) is 18.2 Å². The van der Waals surface area contributed by atoms with Crippen LogP contribution in [0.15, 0.2) is 18.2 Å². The monoisotopic (exact) mass is 193 g/mol. The summed E-state index contributed by atoms with van der Waals surface area (Å²) in [5.41, 5.74) is 3.47. The highest BCUT2D eigenvalue weighted by atomic mass is 16.3. The van der Waals surface area contributed by atoms with E-state index in [0.717, 1.165) is 5.56 Å². The first-order valence-electron chi connectivity index (χ1n) is 4.98. The summed E-state index contributed by atoms with van der Waals surface area (Å²) in [6.07, 6.45) is -0.431. The number of aliphatic hydroxyl groups excluding tert-OH is 1. The number of hydrogen-bond acceptors (Lipinski definition) is 2. The fourth-order valence-corrected chi connectivity index (χ4v) is 1.40. The van der Waals surface area contributed by atoms with Crippen molar-refractivity contribution < 1.29 is 5.11 Å². The molecule has 1 rings (SSSR count). The lowest BCUT2D eigenvalue weighted by Gasteiger charge is -2.19. The van der Waals surface area contributed by atoms with E-state index in [0.29, 0.717) is 0 Å². The molecule has 0 aliphatic heterocycles. The summed E-state index contributed by atoms with van der Waals surface area (Å²) in [5, 5.41) is 13.0. The van der Waals surface area contributed by atoms with Gasteiger partial charge in [-0.15, -0.1) is 0 Å². The molecule has 0 aliphatic rings. The molecule has 0 amide bonds. The molecule has 0 saturated carbocycles. The lowest BCUT2D eigenvalue weighted by Crippen LogP contribution is -2.28. The third kappa shape index (κ3) is 2.34. The second-order valence-corrected chi connectivity index (χ2v) is 3.87. The number of likely N-dealkylation sites (N-methyl/N-ethyl adjacent to an activating group) is 1. The summed E-state index contributed by atoms with van der Waals surface area (Å²) < 4.78 is 0. The summed E-state index contributed by atoms with van der Waals surface area (Å²) in [4.78, 5) is 0. The normalized spacial score (nSPS) is 15.2. The Bertz CT molecular complexity index is 309. The molecule has 14 heavy (non-hydrogen) atoms. The van der Waals surface area contributed by atoms with Crippen molar-refractivity contribution in [2.24, 2.45) is 0 Å². The summed E-state index contributed by atoms with van der Waals surface area (Å²) in [6.45, 7) is 6.11. The van der Waals surface area contributed by atoms with E-state index in [-0.39, 0.29) is 6.04 Å². The summed E-state index contributed by atoms with van der Waals surface area (Å²) >= 11 is 0. The fraction of sp³-hybridized carbons (Fsp3) is 0.500. The molecule has 0 aliphatic carbocycles. The van der Waals surface area contributed by atoms with Crippen LogP contribution in [0.1, 0.15) is 29.7 Å². The van der Waals surface area contributed by atoms with Crippen molar-refractivity contribution in [2.45, 2.75) is 32.9 Å². The molecule has 2 heteroatoms. The van der Waals surface area contributed by atoms with Gasteiger partial charge in [0.1, 0.15) is 0 Å². The van der Waals surface area contributed by atoms with Gasteiger partial charge in [0.15, 0.2) is 0 Å². The Hall–Kier alpha value is -0.860. The largest absolute Gasteiger partial charge is 0.387 e. The van der Waals surface area contributed by atoms with Crippen molar-refractivity contribution in [1.29, 1.82) is 0 Å². The average molecular weight is 193 g/mol. The molecule has 0 fully saturated rings. The second kappa shape index (κ2) is 4.58. The van der Waals surface area contributed by atoms with Crippen LogP contribution in [0, 0.1) is 13.8 Å². The smallest absolute Gasteiger partial charge is 0.0940 e. The first-order valence-corrected chi connectivity index (χ1v) is 4.98. The zero-order chi connectivity index (χ0) is 10.7. The van der Waals surface area contributed by atoms with Crippen molar-refractivity contribution in [3.8, 4) is 0 Å². The van der Waals surface area contributed by atoms with Gasteiger partial charge in [0.05, 0.1) is 6.10 Å². The van der Waals surface area contributed by atoms with E-state index in [1.165, 1.54) is 11.1 Å². The molecule has 0 bridgehead atoms. The second-order valence-electron chi connectivity index (χ2n) is 3.87. The van der Waals surface area contributed by atoms with E-state index in [1.54, 1.807) is 0 Å². The fourth-order valence-electron chi connectivity index (χ4n) is 1.40. The maximum absolute atomic E-state index is 9.94. The quantitative estimate of drug-likeness (QED) is 0.769. The maximum atomic E-state index is 9.94. The molecular formula is C12H19NO. The van der Waals surface area contributed by atoms with Crippen LogP contribution in [0.25, 0.3) is 0 Å². The minimum Gasteiger partial charge on any atom is -0.387 e. The van der Waals surface area contributed by atoms with Gasteiger partial charge < -0.3 is 10.4 Å². The third-order valence-electron chi connectivity index (χ3n) is 2.80. The van der Waals surface area contributed by atoms with Crippen molar-refractivity contribution in [1.82, 2.24) is 5.32 Å². The molecule has 2 N–H and O–H groups in total. The Kier molecular flexibility index (Phi) is 3.67. The van der Waals surface area contributed by atoms with Crippen molar-refractivity contribution in [3.63, 3.8) is 0 Å². The molecular weight excluding hydrogens is 174 g/mol. The predicted molar refractivity (Wildman–Crippen MR) is 59.4 cm³/mol. The Labute approximate surface area is 86.0 Å². The number of aliphatic hydroxyl groups is 1. The Balaban J connectivity index is 2.91. The molecule has 0 heterocycles. The van der Waals surface area contributed by atoms with Crippen LogP contribution in [-0.2, 0) is 0 Å². The van der Waals surface area contributed by atoms with Crippen LogP contribution < -0.4 is 5.32 Å². The molecule has 2 atom stereocenters. The average Bonchev–Trinajstić information content (AvgIpc) is 2.20. The summed E-state index contributed by atoms with van der Waals surface area (Å²) in [6, 6.07) is 6.17. The number of rotatable bonds is 3. The molecule has 0 saturated heterocycles. The Morgan fingerprint density at radius 3 is 2.36 bits per heavy atom. The maximum Gasteiger partial charge on any atom is 0.0940 e. The van der Waals surface area contributed by atoms with Gasteiger partial charge in [-0.25, -0.2) is 0 Å². The molecule has 78 valence electrons. The Morgan fingerprint density at radius 1 is 1.21 bits per heavy atom. The molecule has 0 radical (unpaired) electrons. The highest BCUT2D eigenvalue weighted by Gasteiger charge is 2.14. The first-order chi connectivity index (χ1) is 6.56. The van der Waals surface area contributed by atoms with Gasteiger partial charge in [-0.3, -0.25) is 0 Å². The summed E-state index contributed by atoms with van der Waals surface area (Å²) in [5.74, 6) is 0. The van der Waals surface area contributed by atoms with Crippen LogP contribution >= 0.6 is 0 Å². The van der Waals surface area contributed by atoms with E-state index in [4.69, 9.17) is 0 Å². The van der Waals surface area contributed by atoms with E-state index in [9.17, 15) is 5.11 Å². The number of hydrogen-bond donors (Lipinski definition) is 2. The van der Waals surface area contributed by atoms with E-state index in [2.05, 4.69) is 25.2 Å². The first kappa shape index (κ1) is 11.2. The summed E-state index contributed by atoms with van der Waals surface area (Å²) in [7, 11) is 1.86. The van der Waals surface area contributed by atoms with Gasteiger partial charge in [0, 0.05) is 6.04 Å². The number of aryl methyl sites for hydroxylation is 2. The van der Waals surface area contributed by atoms with Gasteiger partial charge in [-0.2, -0.15) is 0 Å². The Morgan fingerprint density at radius 2 is 1.86 bits per heavy atom. The lowest BCUT2D eigenvalue weighted by molar-refractivity contribution is 0.140. The van der Waals surface area contributed by atoms with Gasteiger partial charge >= 0.3 is 0 Å². The van der Waals surface area contributed by atoms with Crippen LogP contribution in [0.3, 0.4) is 0 Å². The van der Waals surface area contributed by atoms with Gasteiger partial charge in [0.25, 0.3) is 0 Å². The third-order valence-corrected chi connectivity index (χ3v) is 2.80. The molecule has 2 nitrogen and oxygen atoms in total. The molecule has 0 unspecified atom stereocenters. The minimum absolute atomic E-state index is 0.0807. The highest BCUT2D eigenvalue weighted by molar-refractivity contribution is 5.31. The SMILES string of the molecule is CN[C@H](C)[C@H](O)c1ccc(C)c(C)c1. The topological polar surface area (TPSA) is 32.3 Å². The molecule has 1 aromatic carbocycles. The zero-order valence-electron chi connectivity index (χ0n) is 9.33. The van der Waals surface area contributed by atoms with Crippen molar-refractivity contribution >= 4 is 0 Å². The standard InChI is InChI=1S/C12H19NO/c1-8-5-6-11(7-9(8)2)12(14)10(3)13-4/h5-7,10,12-14H,1-4H3/t10-,12+/m1/s1. The van der Waals surface area contributed by atoms with E-state index in [1.807, 2.05) is 26.1 Å². The molecule has 0 spiro atoms. The number of benzene rings is 1. The van der Waals surface area contributed by atoms with Crippen LogP contribution in [0.5, 0.6) is 0 Å². The van der Waals surface area contributed by atoms with Crippen molar-refractivity contribution in [3.05, 3.63) is 34.9 Å². The lowest BCUT2D eigenvalue weighted by atomic mass is 9.99. The van der Waals surface area contributed by atoms with E-state index < -0.39 is 6.10 Å². The van der Waals surface area contributed by atoms with Crippen molar-refractivity contribution in [2.75, 3.05) is 7.05 Å². The zero-order valence-corrected chi connectivity index (χ0v) is 9.33. The van der Waals surface area contributed by atoms with Gasteiger partial charge in [0.2, 0.25) is 0 Å².